The third kappa shape index (κ3) is 3.19. The zero-order valence-electron chi connectivity index (χ0n) is 13.2. The van der Waals surface area contributed by atoms with E-state index in [2.05, 4.69) is 49.0 Å². The number of nitrogens with zero attached hydrogens (tertiary/aromatic N) is 2. The number of aromatic nitrogens is 1. The number of aryl methyl sites for hydroxylation is 2. The van der Waals surface area contributed by atoms with E-state index < -0.39 is 0 Å². The predicted molar refractivity (Wildman–Crippen MR) is 90.0 cm³/mol. The molecule has 0 atom stereocenters. The Balaban J connectivity index is 1.77. The van der Waals surface area contributed by atoms with Crippen LogP contribution in [0.4, 0.5) is 5.69 Å². The molecule has 0 amide bonds. The average molecular weight is 292 g/mol. The molecule has 3 rings (SSSR count). The van der Waals surface area contributed by atoms with Crippen LogP contribution in [0.2, 0.25) is 0 Å². The summed E-state index contributed by atoms with van der Waals surface area (Å²) >= 11 is 0. The second-order valence-corrected chi connectivity index (χ2v) is 5.69. The Morgan fingerprint density at radius 2 is 1.68 bits per heavy atom. The highest BCUT2D eigenvalue weighted by Gasteiger charge is 2.10. The predicted octanol–water partition coefficient (Wildman–Crippen LogP) is 4.59. The molecular formula is C19H20N2O. The van der Waals surface area contributed by atoms with E-state index in [4.69, 9.17) is 4.42 Å². The number of hydrogen-bond acceptors (Lipinski definition) is 3. The van der Waals surface area contributed by atoms with Crippen molar-refractivity contribution in [3.8, 4) is 11.3 Å². The molecule has 0 aliphatic heterocycles. The van der Waals surface area contributed by atoms with Crippen molar-refractivity contribution in [2.75, 3.05) is 11.9 Å². The molecule has 1 heterocycles. The van der Waals surface area contributed by atoms with Gasteiger partial charge in [0, 0.05) is 18.3 Å². The highest BCUT2D eigenvalue weighted by molar-refractivity contribution is 5.56. The van der Waals surface area contributed by atoms with E-state index in [9.17, 15) is 0 Å². The van der Waals surface area contributed by atoms with Gasteiger partial charge in [-0.3, -0.25) is 0 Å². The van der Waals surface area contributed by atoms with Gasteiger partial charge in [-0.05, 0) is 37.1 Å². The molecule has 0 saturated carbocycles. The van der Waals surface area contributed by atoms with Gasteiger partial charge in [0.05, 0.1) is 12.7 Å². The van der Waals surface area contributed by atoms with Crippen LogP contribution in [-0.4, -0.2) is 12.0 Å². The minimum Gasteiger partial charge on any atom is -0.439 e. The zero-order chi connectivity index (χ0) is 15.5. The first-order chi connectivity index (χ1) is 10.6. The lowest BCUT2D eigenvalue weighted by molar-refractivity contribution is 0.504. The van der Waals surface area contributed by atoms with Gasteiger partial charge in [0.25, 0.3) is 0 Å². The van der Waals surface area contributed by atoms with Gasteiger partial charge in [0.15, 0.2) is 5.76 Å². The van der Waals surface area contributed by atoms with E-state index in [1.165, 1.54) is 16.8 Å². The molecule has 2 aromatic carbocycles. The standard InChI is InChI=1S/C19H20N2O/c1-14-9-15(2)11-17(10-14)21(3)13-19-20-12-18(22-19)16-7-5-4-6-8-16/h4-12H,13H2,1-3H3. The largest absolute Gasteiger partial charge is 0.439 e. The van der Waals surface area contributed by atoms with Crippen LogP contribution in [0.1, 0.15) is 17.0 Å². The van der Waals surface area contributed by atoms with Crippen molar-refractivity contribution in [3.05, 3.63) is 71.7 Å². The Kier molecular flexibility index (Phi) is 3.96. The van der Waals surface area contributed by atoms with E-state index in [-0.39, 0.29) is 0 Å². The summed E-state index contributed by atoms with van der Waals surface area (Å²) in [5.74, 6) is 1.53. The Morgan fingerprint density at radius 1 is 1.00 bits per heavy atom. The van der Waals surface area contributed by atoms with Crippen LogP contribution >= 0.6 is 0 Å². The van der Waals surface area contributed by atoms with Crippen LogP contribution in [0.25, 0.3) is 11.3 Å². The Labute approximate surface area is 131 Å². The molecule has 0 bridgehead atoms. The van der Waals surface area contributed by atoms with E-state index >= 15 is 0 Å². The second-order valence-electron chi connectivity index (χ2n) is 5.69. The van der Waals surface area contributed by atoms with Gasteiger partial charge in [-0.15, -0.1) is 0 Å². The van der Waals surface area contributed by atoms with E-state index in [1.807, 2.05) is 30.3 Å². The van der Waals surface area contributed by atoms with Gasteiger partial charge in [-0.2, -0.15) is 0 Å². The van der Waals surface area contributed by atoms with Crippen molar-refractivity contribution in [2.24, 2.45) is 0 Å². The van der Waals surface area contributed by atoms with E-state index in [0.717, 1.165) is 17.2 Å². The maximum atomic E-state index is 5.87. The first-order valence-electron chi connectivity index (χ1n) is 7.41. The maximum absolute atomic E-state index is 5.87. The summed E-state index contributed by atoms with van der Waals surface area (Å²) in [5, 5.41) is 0. The van der Waals surface area contributed by atoms with Gasteiger partial charge < -0.3 is 9.32 Å². The molecule has 1 aromatic heterocycles. The average Bonchev–Trinajstić information content (AvgIpc) is 2.95. The van der Waals surface area contributed by atoms with E-state index in [1.54, 1.807) is 6.20 Å². The van der Waals surface area contributed by atoms with E-state index in [0.29, 0.717) is 6.54 Å². The third-order valence-electron chi connectivity index (χ3n) is 3.63. The molecular weight excluding hydrogens is 272 g/mol. The molecule has 0 aliphatic carbocycles. The van der Waals surface area contributed by atoms with Crippen molar-refractivity contribution < 1.29 is 4.42 Å². The fourth-order valence-electron chi connectivity index (χ4n) is 2.58. The minimum absolute atomic E-state index is 0.649. The van der Waals surface area contributed by atoms with Crippen molar-refractivity contribution in [3.63, 3.8) is 0 Å². The highest BCUT2D eigenvalue weighted by atomic mass is 16.4. The van der Waals surface area contributed by atoms with Crippen LogP contribution in [0.3, 0.4) is 0 Å². The quantitative estimate of drug-likeness (QED) is 0.704. The first-order valence-corrected chi connectivity index (χ1v) is 7.41. The summed E-state index contributed by atoms with van der Waals surface area (Å²) in [5.41, 5.74) is 4.76. The van der Waals surface area contributed by atoms with Crippen molar-refractivity contribution in [2.45, 2.75) is 20.4 Å². The number of anilines is 1. The zero-order valence-corrected chi connectivity index (χ0v) is 13.2. The van der Waals surface area contributed by atoms with Crippen LogP contribution in [0, 0.1) is 13.8 Å². The molecule has 0 radical (unpaired) electrons. The topological polar surface area (TPSA) is 29.3 Å². The molecule has 0 N–H and O–H groups in total. The van der Waals surface area contributed by atoms with Gasteiger partial charge in [-0.25, -0.2) is 4.98 Å². The fourth-order valence-corrected chi connectivity index (χ4v) is 2.58. The lowest BCUT2D eigenvalue weighted by Crippen LogP contribution is -2.16. The smallest absolute Gasteiger partial charge is 0.214 e. The third-order valence-corrected chi connectivity index (χ3v) is 3.63. The van der Waals surface area contributed by atoms with Crippen LogP contribution in [-0.2, 0) is 6.54 Å². The molecule has 0 spiro atoms. The molecule has 112 valence electrons. The molecule has 0 unspecified atom stereocenters. The summed E-state index contributed by atoms with van der Waals surface area (Å²) in [6.07, 6.45) is 1.79. The first kappa shape index (κ1) is 14.4. The molecule has 0 saturated heterocycles. The SMILES string of the molecule is Cc1cc(C)cc(N(C)Cc2ncc(-c3ccccc3)o2)c1. The normalized spacial score (nSPS) is 10.7. The van der Waals surface area contributed by atoms with Gasteiger partial charge >= 0.3 is 0 Å². The number of rotatable bonds is 4. The minimum atomic E-state index is 0.649. The Bertz CT molecular complexity index is 742. The van der Waals surface area contributed by atoms with Gasteiger partial charge in [-0.1, -0.05) is 36.4 Å². The Morgan fingerprint density at radius 3 is 2.36 bits per heavy atom. The van der Waals surface area contributed by atoms with Crippen LogP contribution < -0.4 is 4.90 Å². The molecule has 3 aromatic rings. The number of benzene rings is 2. The van der Waals surface area contributed by atoms with Crippen LogP contribution in [0.15, 0.2) is 59.1 Å². The van der Waals surface area contributed by atoms with Crippen LogP contribution in [0.5, 0.6) is 0 Å². The summed E-state index contributed by atoms with van der Waals surface area (Å²) in [6.45, 7) is 4.88. The molecule has 0 aliphatic rings. The summed E-state index contributed by atoms with van der Waals surface area (Å²) in [4.78, 5) is 6.55. The lowest BCUT2D eigenvalue weighted by Gasteiger charge is -2.18. The number of oxazole rings is 1. The summed E-state index contributed by atoms with van der Waals surface area (Å²) in [6, 6.07) is 16.6. The molecule has 0 fully saturated rings. The van der Waals surface area contributed by atoms with Gasteiger partial charge in [0.2, 0.25) is 5.89 Å². The fraction of sp³-hybridized carbons (Fsp3) is 0.211. The monoisotopic (exact) mass is 292 g/mol. The molecule has 3 nitrogen and oxygen atoms in total. The van der Waals surface area contributed by atoms with Crippen molar-refractivity contribution in [1.82, 2.24) is 4.98 Å². The molecule has 22 heavy (non-hydrogen) atoms. The number of hydrogen-bond donors (Lipinski definition) is 0. The lowest BCUT2D eigenvalue weighted by atomic mass is 10.1. The molecule has 3 heteroatoms. The summed E-state index contributed by atoms with van der Waals surface area (Å²) < 4.78 is 5.87. The van der Waals surface area contributed by atoms with Crippen molar-refractivity contribution >= 4 is 5.69 Å². The Hall–Kier alpha value is -2.55. The second kappa shape index (κ2) is 6.06. The maximum Gasteiger partial charge on any atom is 0.214 e. The highest BCUT2D eigenvalue weighted by Crippen LogP contribution is 2.23. The summed E-state index contributed by atoms with van der Waals surface area (Å²) in [7, 11) is 2.06. The van der Waals surface area contributed by atoms with Crippen molar-refractivity contribution in [1.29, 1.82) is 0 Å². The van der Waals surface area contributed by atoms with Gasteiger partial charge in [0.1, 0.15) is 0 Å².